The highest BCUT2D eigenvalue weighted by Gasteiger charge is 2.09. The van der Waals surface area contributed by atoms with Crippen molar-refractivity contribution in [1.82, 2.24) is 0 Å². The largest absolute Gasteiger partial charge is 0.294 e. The molecule has 0 amide bonds. The van der Waals surface area contributed by atoms with Crippen molar-refractivity contribution in [3.8, 4) is 0 Å². The van der Waals surface area contributed by atoms with Crippen LogP contribution in [-0.2, 0) is 9.59 Å². The molecule has 0 aliphatic rings. The zero-order valence-electron chi connectivity index (χ0n) is 8.88. The van der Waals surface area contributed by atoms with Gasteiger partial charge in [-0.2, -0.15) is 0 Å². The van der Waals surface area contributed by atoms with Gasteiger partial charge in [-0.05, 0) is 43.7 Å². The van der Waals surface area contributed by atoms with E-state index in [0.717, 1.165) is 0 Å². The second kappa shape index (κ2) is 5.16. The highest BCUT2D eigenvalue weighted by molar-refractivity contribution is 9.10. The van der Waals surface area contributed by atoms with E-state index in [0.29, 0.717) is 10.0 Å². The second-order valence-corrected chi connectivity index (χ2v) is 4.29. The Hall–Kier alpha value is -1.29. The Morgan fingerprint density at radius 2 is 1.75 bits per heavy atom. The van der Waals surface area contributed by atoms with Crippen molar-refractivity contribution < 1.29 is 14.0 Å². The lowest BCUT2D eigenvalue weighted by atomic mass is 10.0. The van der Waals surface area contributed by atoms with E-state index in [1.807, 2.05) is 0 Å². The molecule has 0 aliphatic carbocycles. The number of hydrogen-bond donors (Lipinski definition) is 0. The van der Waals surface area contributed by atoms with Gasteiger partial charge in [-0.15, -0.1) is 0 Å². The predicted molar refractivity (Wildman–Crippen MR) is 63.4 cm³/mol. The Morgan fingerprint density at radius 3 is 2.19 bits per heavy atom. The summed E-state index contributed by atoms with van der Waals surface area (Å²) in [5, 5.41) is 0. The van der Waals surface area contributed by atoms with Crippen molar-refractivity contribution in [1.29, 1.82) is 0 Å². The second-order valence-electron chi connectivity index (χ2n) is 3.37. The minimum Gasteiger partial charge on any atom is -0.294 e. The molecule has 1 aromatic carbocycles. The van der Waals surface area contributed by atoms with E-state index in [1.165, 1.54) is 32.1 Å². The molecule has 0 radical (unpaired) electrons. The van der Waals surface area contributed by atoms with Crippen LogP contribution in [-0.4, -0.2) is 11.6 Å². The van der Waals surface area contributed by atoms with Crippen LogP contribution in [0.4, 0.5) is 4.39 Å². The van der Waals surface area contributed by atoms with Crippen molar-refractivity contribution in [2.75, 3.05) is 0 Å². The molecule has 16 heavy (non-hydrogen) atoms. The molecule has 0 N–H and O–H groups in total. The molecule has 1 rings (SSSR count). The van der Waals surface area contributed by atoms with Gasteiger partial charge in [-0.3, -0.25) is 9.59 Å². The standard InChI is InChI=1S/C12H10BrFO2/c1-7(15)12(8(2)16)5-9-3-10(13)6-11(14)4-9/h3-6H,1-2H3. The molecule has 84 valence electrons. The number of carbonyl (C=O) groups excluding carboxylic acids is 2. The molecule has 0 saturated carbocycles. The fourth-order valence-electron chi connectivity index (χ4n) is 1.28. The van der Waals surface area contributed by atoms with Crippen molar-refractivity contribution in [2.45, 2.75) is 13.8 Å². The van der Waals surface area contributed by atoms with Gasteiger partial charge in [0.1, 0.15) is 5.82 Å². The van der Waals surface area contributed by atoms with Crippen LogP contribution in [0.25, 0.3) is 6.08 Å². The smallest absolute Gasteiger partial charge is 0.163 e. The highest BCUT2D eigenvalue weighted by atomic mass is 79.9. The van der Waals surface area contributed by atoms with E-state index in [4.69, 9.17) is 0 Å². The number of hydrogen-bond acceptors (Lipinski definition) is 2. The van der Waals surface area contributed by atoms with Gasteiger partial charge in [0.05, 0.1) is 5.57 Å². The molecule has 0 aromatic heterocycles. The van der Waals surface area contributed by atoms with Crippen LogP contribution in [0, 0.1) is 5.82 Å². The number of Topliss-reactive ketones (excluding diaryl/α,β-unsaturated/α-hetero) is 2. The lowest BCUT2D eigenvalue weighted by Gasteiger charge is -2.00. The summed E-state index contributed by atoms with van der Waals surface area (Å²) in [6, 6.07) is 4.20. The van der Waals surface area contributed by atoms with Crippen LogP contribution in [0.5, 0.6) is 0 Å². The minimum atomic E-state index is -0.424. The van der Waals surface area contributed by atoms with E-state index in [1.54, 1.807) is 6.07 Å². The van der Waals surface area contributed by atoms with E-state index >= 15 is 0 Å². The quantitative estimate of drug-likeness (QED) is 0.485. The van der Waals surface area contributed by atoms with Crippen LogP contribution in [0.2, 0.25) is 0 Å². The monoisotopic (exact) mass is 284 g/mol. The summed E-state index contributed by atoms with van der Waals surface area (Å²) in [6.45, 7) is 2.61. The topological polar surface area (TPSA) is 34.1 Å². The van der Waals surface area contributed by atoms with Gasteiger partial charge < -0.3 is 0 Å². The number of rotatable bonds is 3. The maximum absolute atomic E-state index is 13.1. The van der Waals surface area contributed by atoms with Gasteiger partial charge in [0.2, 0.25) is 0 Å². The lowest BCUT2D eigenvalue weighted by molar-refractivity contribution is -0.119. The molecule has 0 aliphatic heterocycles. The Morgan fingerprint density at radius 1 is 1.19 bits per heavy atom. The maximum Gasteiger partial charge on any atom is 0.163 e. The Bertz CT molecular complexity index is 442. The van der Waals surface area contributed by atoms with Crippen LogP contribution >= 0.6 is 15.9 Å². The molecular weight excluding hydrogens is 275 g/mol. The fourth-order valence-corrected chi connectivity index (χ4v) is 1.76. The van der Waals surface area contributed by atoms with Gasteiger partial charge in [-0.25, -0.2) is 4.39 Å². The molecule has 0 heterocycles. The molecule has 1 aromatic rings. The summed E-state index contributed by atoms with van der Waals surface area (Å²) in [7, 11) is 0. The van der Waals surface area contributed by atoms with E-state index in [9.17, 15) is 14.0 Å². The number of halogens is 2. The van der Waals surface area contributed by atoms with Crippen molar-refractivity contribution in [3.05, 3.63) is 39.6 Å². The molecule has 0 atom stereocenters. The lowest BCUT2D eigenvalue weighted by Crippen LogP contribution is -2.05. The molecule has 0 saturated heterocycles. The van der Waals surface area contributed by atoms with Crippen molar-refractivity contribution in [3.63, 3.8) is 0 Å². The Balaban J connectivity index is 3.23. The van der Waals surface area contributed by atoms with Gasteiger partial charge in [-0.1, -0.05) is 15.9 Å². The molecule has 0 bridgehead atoms. The third kappa shape index (κ3) is 3.38. The molecule has 4 heteroatoms. The van der Waals surface area contributed by atoms with Gasteiger partial charge in [0.15, 0.2) is 11.6 Å². The van der Waals surface area contributed by atoms with Gasteiger partial charge >= 0.3 is 0 Å². The zero-order chi connectivity index (χ0) is 12.3. The Labute approximate surface area is 101 Å². The first kappa shape index (κ1) is 12.8. The average molecular weight is 285 g/mol. The molecular formula is C12H10BrFO2. The first-order valence-electron chi connectivity index (χ1n) is 4.60. The number of carbonyl (C=O) groups is 2. The van der Waals surface area contributed by atoms with E-state index < -0.39 is 5.82 Å². The summed E-state index contributed by atoms with van der Waals surface area (Å²) in [5.74, 6) is -1.08. The van der Waals surface area contributed by atoms with Crippen molar-refractivity contribution in [2.24, 2.45) is 0 Å². The van der Waals surface area contributed by atoms with Crippen LogP contribution in [0.1, 0.15) is 19.4 Å². The van der Waals surface area contributed by atoms with Gasteiger partial charge in [0, 0.05) is 4.47 Å². The van der Waals surface area contributed by atoms with E-state index in [-0.39, 0.29) is 17.1 Å². The zero-order valence-corrected chi connectivity index (χ0v) is 10.5. The molecule has 0 spiro atoms. The third-order valence-corrected chi connectivity index (χ3v) is 2.41. The van der Waals surface area contributed by atoms with Gasteiger partial charge in [0.25, 0.3) is 0 Å². The highest BCUT2D eigenvalue weighted by Crippen LogP contribution is 2.17. The van der Waals surface area contributed by atoms with Crippen LogP contribution in [0.3, 0.4) is 0 Å². The minimum absolute atomic E-state index is 0.0671. The first-order chi connectivity index (χ1) is 7.40. The Kier molecular flexibility index (Phi) is 4.12. The number of ketones is 2. The predicted octanol–water partition coefficient (Wildman–Crippen LogP) is 3.15. The fraction of sp³-hybridized carbons (Fsp3) is 0.167. The summed E-state index contributed by atoms with van der Waals surface area (Å²) in [4.78, 5) is 22.3. The van der Waals surface area contributed by atoms with E-state index in [2.05, 4.69) is 15.9 Å². The normalized spacial score (nSPS) is 9.75. The number of allylic oxidation sites excluding steroid dienone is 1. The molecule has 0 unspecified atom stereocenters. The summed E-state index contributed by atoms with van der Waals surface area (Å²) in [6.07, 6.45) is 1.39. The van der Waals surface area contributed by atoms with Crippen LogP contribution < -0.4 is 0 Å². The summed E-state index contributed by atoms with van der Waals surface area (Å²) < 4.78 is 13.6. The maximum atomic E-state index is 13.1. The first-order valence-corrected chi connectivity index (χ1v) is 5.39. The summed E-state index contributed by atoms with van der Waals surface area (Å²) in [5.41, 5.74) is 0.546. The third-order valence-electron chi connectivity index (χ3n) is 1.95. The molecule has 0 fully saturated rings. The number of benzene rings is 1. The average Bonchev–Trinajstić information content (AvgIpc) is 2.11. The molecule has 2 nitrogen and oxygen atoms in total. The van der Waals surface area contributed by atoms with Crippen molar-refractivity contribution >= 4 is 33.6 Å². The van der Waals surface area contributed by atoms with Crippen LogP contribution in [0.15, 0.2) is 28.2 Å². The summed E-state index contributed by atoms with van der Waals surface area (Å²) >= 11 is 3.14. The SMILES string of the molecule is CC(=O)C(=Cc1cc(F)cc(Br)c1)C(C)=O.